The third kappa shape index (κ3) is 4.95. The maximum atomic E-state index is 6.79. The second kappa shape index (κ2) is 12.9. The van der Waals surface area contributed by atoms with Crippen molar-refractivity contribution in [1.29, 1.82) is 0 Å². The largest absolute Gasteiger partial charge is 0.452 e. The van der Waals surface area contributed by atoms with Gasteiger partial charge in [-0.1, -0.05) is 121 Å². The van der Waals surface area contributed by atoms with Gasteiger partial charge in [0.1, 0.15) is 0 Å². The number of ether oxygens (including phenoxy) is 1. The van der Waals surface area contributed by atoms with Gasteiger partial charge in [-0.15, -0.1) is 0 Å². The van der Waals surface area contributed by atoms with Gasteiger partial charge < -0.3 is 18.8 Å². The fourth-order valence-electron chi connectivity index (χ4n) is 9.08. The van der Waals surface area contributed by atoms with Crippen molar-refractivity contribution in [2.24, 2.45) is 0 Å². The van der Waals surface area contributed by atoms with Crippen LogP contribution in [-0.2, 0) is 0 Å². The summed E-state index contributed by atoms with van der Waals surface area (Å²) in [5.41, 5.74) is 14.7. The van der Waals surface area contributed by atoms with Crippen LogP contribution in [0.25, 0.3) is 77.2 Å². The molecule has 0 N–H and O–H groups in total. The predicted molar refractivity (Wildman–Crippen MR) is 241 cm³/mol. The van der Waals surface area contributed by atoms with Gasteiger partial charge in [0.25, 0.3) is 0 Å². The van der Waals surface area contributed by atoms with Gasteiger partial charge in [-0.25, -0.2) is 0 Å². The first-order valence-corrected chi connectivity index (χ1v) is 19.8. The Morgan fingerprint density at radius 2 is 0.966 bits per heavy atom. The molecular formula is C54H35N3O. The Morgan fingerprint density at radius 3 is 1.72 bits per heavy atom. The summed E-state index contributed by atoms with van der Waals surface area (Å²) in [4.78, 5) is 2.33. The van der Waals surface area contributed by atoms with E-state index < -0.39 is 0 Å². The number of nitrogens with zero attached hydrogens (tertiary/aromatic N) is 3. The van der Waals surface area contributed by atoms with E-state index in [-0.39, 0.29) is 0 Å². The van der Waals surface area contributed by atoms with Crippen molar-refractivity contribution in [2.45, 2.75) is 0 Å². The molecule has 272 valence electrons. The van der Waals surface area contributed by atoms with Gasteiger partial charge in [0.2, 0.25) is 0 Å². The quantitative estimate of drug-likeness (QED) is 0.169. The van der Waals surface area contributed by atoms with Crippen LogP contribution in [0.5, 0.6) is 11.5 Å². The summed E-state index contributed by atoms with van der Waals surface area (Å²) < 4.78 is 11.6. The number of anilines is 3. The van der Waals surface area contributed by atoms with E-state index in [0.717, 1.165) is 67.6 Å². The van der Waals surface area contributed by atoms with Crippen molar-refractivity contribution in [3.05, 3.63) is 212 Å². The molecule has 0 aliphatic carbocycles. The number of hydrogen-bond acceptors (Lipinski definition) is 2. The van der Waals surface area contributed by atoms with Gasteiger partial charge >= 0.3 is 0 Å². The normalized spacial score (nSPS) is 11.9. The van der Waals surface area contributed by atoms with Crippen LogP contribution in [-0.4, -0.2) is 9.13 Å². The van der Waals surface area contributed by atoms with Gasteiger partial charge in [-0.2, -0.15) is 0 Å². The molecule has 2 aromatic heterocycles. The zero-order valence-electron chi connectivity index (χ0n) is 31.5. The number of benzene rings is 9. The molecule has 0 radical (unpaired) electrons. The number of fused-ring (bicyclic) bond motifs is 8. The standard InChI is InChI=1S/C54H35N3O/c1-4-14-36(15-5-1)38-26-32-49-46(34-38)47-35-42(55(39-16-6-2-7-17-39)40-18-8-3-9-19-40)29-33-50(47)56(49)41-27-24-37(25-28-41)43-30-31-45-44-20-10-11-21-48(44)57-51-22-12-13-23-52(51)58-54(43)53(45)57/h1-35H. The first-order valence-electron chi connectivity index (χ1n) is 19.8. The van der Waals surface area contributed by atoms with Crippen LogP contribution in [0, 0.1) is 0 Å². The SMILES string of the molecule is c1ccc(-c2ccc3c(c2)c2cc(N(c4ccccc4)c4ccccc4)ccc2n3-c2ccc(-c3ccc4c5ccccc5n5c4c3Oc3ccccc3-5)cc2)cc1. The van der Waals surface area contributed by atoms with Crippen LogP contribution in [0.2, 0.25) is 0 Å². The van der Waals surface area contributed by atoms with Crippen LogP contribution < -0.4 is 9.64 Å². The minimum atomic E-state index is 0.860. The van der Waals surface area contributed by atoms with E-state index >= 15 is 0 Å². The Bertz CT molecular complexity index is 3310. The Balaban J connectivity index is 1.03. The van der Waals surface area contributed by atoms with Gasteiger partial charge in [0.15, 0.2) is 11.5 Å². The second-order valence-corrected chi connectivity index (χ2v) is 14.9. The van der Waals surface area contributed by atoms with Crippen LogP contribution in [0.3, 0.4) is 0 Å². The molecule has 11 aromatic rings. The maximum absolute atomic E-state index is 6.79. The summed E-state index contributed by atoms with van der Waals surface area (Å²) in [6, 6.07) is 76.0. The lowest BCUT2D eigenvalue weighted by Gasteiger charge is -2.25. The Labute approximate surface area is 335 Å². The molecule has 1 aliphatic heterocycles. The van der Waals surface area contributed by atoms with Crippen molar-refractivity contribution >= 4 is 60.7 Å². The number of aromatic nitrogens is 2. The van der Waals surface area contributed by atoms with Gasteiger partial charge in [-0.05, 0) is 108 Å². The smallest absolute Gasteiger partial charge is 0.160 e. The molecule has 0 amide bonds. The number of para-hydroxylation sites is 5. The van der Waals surface area contributed by atoms with Gasteiger partial charge in [0, 0.05) is 49.9 Å². The summed E-state index contributed by atoms with van der Waals surface area (Å²) in [7, 11) is 0. The summed E-state index contributed by atoms with van der Waals surface area (Å²) >= 11 is 0. The average molecular weight is 742 g/mol. The first kappa shape index (κ1) is 32.4. The number of rotatable bonds is 6. The summed E-state index contributed by atoms with van der Waals surface area (Å²) in [5.74, 6) is 1.75. The third-order valence-electron chi connectivity index (χ3n) is 11.7. The van der Waals surface area contributed by atoms with E-state index in [1.807, 2.05) is 6.07 Å². The van der Waals surface area contributed by atoms with Crippen LogP contribution in [0.15, 0.2) is 212 Å². The zero-order valence-corrected chi connectivity index (χ0v) is 31.5. The van der Waals surface area contributed by atoms with E-state index in [9.17, 15) is 0 Å². The van der Waals surface area contributed by atoms with E-state index in [1.54, 1.807) is 0 Å². The second-order valence-electron chi connectivity index (χ2n) is 14.9. The highest BCUT2D eigenvalue weighted by Gasteiger charge is 2.26. The Hall–Kier alpha value is -7.82. The van der Waals surface area contributed by atoms with Gasteiger partial charge in [0.05, 0.1) is 27.8 Å². The molecule has 4 nitrogen and oxygen atoms in total. The molecule has 0 saturated heterocycles. The fourth-order valence-corrected chi connectivity index (χ4v) is 9.08. The highest BCUT2D eigenvalue weighted by Crippen LogP contribution is 2.49. The lowest BCUT2D eigenvalue weighted by molar-refractivity contribution is 0.478. The Morgan fingerprint density at radius 1 is 0.362 bits per heavy atom. The highest BCUT2D eigenvalue weighted by atomic mass is 16.5. The fraction of sp³-hybridized carbons (Fsp3) is 0. The molecular weight excluding hydrogens is 707 g/mol. The van der Waals surface area contributed by atoms with Crippen LogP contribution in [0.1, 0.15) is 0 Å². The van der Waals surface area contributed by atoms with Crippen molar-refractivity contribution in [3.8, 4) is 45.1 Å². The van der Waals surface area contributed by atoms with Crippen LogP contribution >= 0.6 is 0 Å². The molecule has 58 heavy (non-hydrogen) atoms. The summed E-state index contributed by atoms with van der Waals surface area (Å²) in [6.45, 7) is 0. The molecule has 0 atom stereocenters. The minimum absolute atomic E-state index is 0.860. The topological polar surface area (TPSA) is 22.3 Å². The summed E-state index contributed by atoms with van der Waals surface area (Å²) in [5, 5.41) is 4.82. The molecule has 12 rings (SSSR count). The monoisotopic (exact) mass is 741 g/mol. The highest BCUT2D eigenvalue weighted by molar-refractivity contribution is 6.14. The molecule has 1 aliphatic rings. The van der Waals surface area contributed by atoms with Crippen molar-refractivity contribution in [1.82, 2.24) is 9.13 Å². The van der Waals surface area contributed by atoms with E-state index in [2.05, 4.69) is 220 Å². The molecule has 0 fully saturated rings. The van der Waals surface area contributed by atoms with Crippen molar-refractivity contribution in [3.63, 3.8) is 0 Å². The molecule has 0 unspecified atom stereocenters. The van der Waals surface area contributed by atoms with Gasteiger partial charge in [-0.3, -0.25) is 0 Å². The molecule has 0 bridgehead atoms. The number of hydrogen-bond donors (Lipinski definition) is 0. The molecule has 0 spiro atoms. The zero-order chi connectivity index (χ0) is 38.2. The third-order valence-corrected chi connectivity index (χ3v) is 11.7. The Kier molecular flexibility index (Phi) is 7.20. The lowest BCUT2D eigenvalue weighted by atomic mass is 10.0. The molecule has 9 aromatic carbocycles. The minimum Gasteiger partial charge on any atom is -0.452 e. The van der Waals surface area contributed by atoms with E-state index in [4.69, 9.17) is 4.74 Å². The summed E-state index contributed by atoms with van der Waals surface area (Å²) in [6.07, 6.45) is 0. The maximum Gasteiger partial charge on any atom is 0.160 e. The van der Waals surface area contributed by atoms with E-state index in [0.29, 0.717) is 0 Å². The van der Waals surface area contributed by atoms with Crippen molar-refractivity contribution < 1.29 is 4.74 Å². The average Bonchev–Trinajstić information content (AvgIpc) is 3.81. The van der Waals surface area contributed by atoms with Crippen LogP contribution in [0.4, 0.5) is 17.1 Å². The predicted octanol–water partition coefficient (Wildman–Crippen LogP) is 14.8. The lowest BCUT2D eigenvalue weighted by Crippen LogP contribution is -2.09. The first-order chi connectivity index (χ1) is 28.8. The van der Waals surface area contributed by atoms with Crippen molar-refractivity contribution in [2.75, 3.05) is 4.90 Å². The molecule has 4 heteroatoms. The molecule has 3 heterocycles. The van der Waals surface area contributed by atoms with E-state index in [1.165, 1.54) is 38.2 Å². The molecule has 0 saturated carbocycles.